The van der Waals surface area contributed by atoms with E-state index < -0.39 is 0 Å². The molecule has 3 rings (SSSR count). The summed E-state index contributed by atoms with van der Waals surface area (Å²) in [5, 5.41) is 6.07. The lowest BCUT2D eigenvalue weighted by atomic mass is 9.96. The Bertz CT molecular complexity index is 1090. The van der Waals surface area contributed by atoms with Gasteiger partial charge in [0, 0.05) is 6.54 Å². The van der Waals surface area contributed by atoms with E-state index in [1.807, 2.05) is 29.6 Å². The Labute approximate surface area is 184 Å². The van der Waals surface area contributed by atoms with Crippen LogP contribution in [0.3, 0.4) is 0 Å². The summed E-state index contributed by atoms with van der Waals surface area (Å²) in [6.45, 7) is 8.20. The minimum atomic E-state index is -0.118. The fourth-order valence-electron chi connectivity index (χ4n) is 3.12. The molecule has 1 aromatic carbocycles. The number of nitrogens with zero attached hydrogens (tertiary/aromatic N) is 2. The van der Waals surface area contributed by atoms with Crippen molar-refractivity contribution in [3.05, 3.63) is 64.3 Å². The van der Waals surface area contributed by atoms with Crippen molar-refractivity contribution in [1.82, 2.24) is 14.9 Å². The zero-order valence-corrected chi connectivity index (χ0v) is 18.9. The summed E-state index contributed by atoms with van der Waals surface area (Å²) < 4.78 is 6.77. The lowest BCUT2D eigenvalue weighted by molar-refractivity contribution is -0.119. The minimum Gasteiger partial charge on any atom is -0.497 e. The van der Waals surface area contributed by atoms with Crippen LogP contribution < -0.4 is 15.6 Å². The SMILES string of the molecule is C=CCn1c(SCC(=O)NC(c2ccc(OC)cc2)C(C)C)nc2sccc2c1=O. The number of thiophene rings is 1. The third kappa shape index (κ3) is 4.94. The number of carbonyl (C=O) groups excluding carboxylic acids is 1. The van der Waals surface area contributed by atoms with Gasteiger partial charge in [-0.1, -0.05) is 43.8 Å². The Morgan fingerprint density at radius 3 is 2.70 bits per heavy atom. The van der Waals surface area contributed by atoms with Crippen LogP contribution in [0.5, 0.6) is 5.75 Å². The summed E-state index contributed by atoms with van der Waals surface area (Å²) in [6, 6.07) is 9.36. The van der Waals surface area contributed by atoms with Gasteiger partial charge in [0.2, 0.25) is 5.91 Å². The van der Waals surface area contributed by atoms with Gasteiger partial charge in [0.1, 0.15) is 10.6 Å². The standard InChI is InChI=1S/C22H25N3O3S2/c1-5-11-25-21(27)17-10-12-29-20(17)24-22(25)30-13-18(26)23-19(14(2)3)15-6-8-16(28-4)9-7-15/h5-10,12,14,19H,1,11,13H2,2-4H3,(H,23,26). The van der Waals surface area contributed by atoms with Gasteiger partial charge in [-0.3, -0.25) is 14.2 Å². The van der Waals surface area contributed by atoms with E-state index in [0.717, 1.165) is 11.3 Å². The number of benzene rings is 1. The second-order valence-corrected chi connectivity index (χ2v) is 8.93. The van der Waals surface area contributed by atoms with Gasteiger partial charge in [-0.25, -0.2) is 4.98 Å². The molecule has 8 heteroatoms. The molecule has 30 heavy (non-hydrogen) atoms. The molecule has 0 saturated carbocycles. The average Bonchev–Trinajstić information content (AvgIpc) is 3.21. The molecule has 1 amide bonds. The fourth-order valence-corrected chi connectivity index (χ4v) is 4.75. The number of fused-ring (bicyclic) bond motifs is 1. The van der Waals surface area contributed by atoms with Crippen LogP contribution in [0.2, 0.25) is 0 Å². The largest absolute Gasteiger partial charge is 0.497 e. The first-order valence-corrected chi connectivity index (χ1v) is 11.5. The molecule has 0 bridgehead atoms. The maximum Gasteiger partial charge on any atom is 0.263 e. The first-order chi connectivity index (χ1) is 14.4. The quantitative estimate of drug-likeness (QED) is 0.304. The van der Waals surface area contributed by atoms with E-state index in [9.17, 15) is 9.59 Å². The average molecular weight is 444 g/mol. The van der Waals surface area contributed by atoms with E-state index in [4.69, 9.17) is 4.74 Å². The molecular formula is C22H25N3O3S2. The summed E-state index contributed by atoms with van der Waals surface area (Å²) >= 11 is 2.68. The number of hydrogen-bond donors (Lipinski definition) is 1. The van der Waals surface area contributed by atoms with Gasteiger partial charge in [-0.15, -0.1) is 17.9 Å². The van der Waals surface area contributed by atoms with E-state index in [0.29, 0.717) is 21.9 Å². The van der Waals surface area contributed by atoms with Gasteiger partial charge in [0.15, 0.2) is 5.16 Å². The molecule has 1 N–H and O–H groups in total. The third-order valence-corrected chi connectivity index (χ3v) is 6.43. The summed E-state index contributed by atoms with van der Waals surface area (Å²) in [6.07, 6.45) is 1.66. The second-order valence-electron chi connectivity index (χ2n) is 7.09. The van der Waals surface area contributed by atoms with Crippen LogP contribution in [0.1, 0.15) is 25.5 Å². The van der Waals surface area contributed by atoms with Crippen molar-refractivity contribution in [3.63, 3.8) is 0 Å². The van der Waals surface area contributed by atoms with E-state index in [2.05, 4.69) is 30.7 Å². The second kappa shape index (κ2) is 9.95. The molecule has 0 radical (unpaired) electrons. The van der Waals surface area contributed by atoms with Gasteiger partial charge >= 0.3 is 0 Å². The van der Waals surface area contributed by atoms with Crippen molar-refractivity contribution in [1.29, 1.82) is 0 Å². The van der Waals surface area contributed by atoms with Crippen molar-refractivity contribution in [3.8, 4) is 5.75 Å². The van der Waals surface area contributed by atoms with Crippen LogP contribution >= 0.6 is 23.1 Å². The van der Waals surface area contributed by atoms with Crippen LogP contribution in [0.25, 0.3) is 10.2 Å². The number of thioether (sulfide) groups is 1. The van der Waals surface area contributed by atoms with Gasteiger partial charge < -0.3 is 10.1 Å². The Balaban J connectivity index is 1.74. The molecule has 0 fully saturated rings. The normalized spacial score (nSPS) is 12.1. The number of hydrogen-bond acceptors (Lipinski definition) is 6. The third-order valence-electron chi connectivity index (χ3n) is 4.65. The Hall–Kier alpha value is -2.58. The minimum absolute atomic E-state index is 0.109. The van der Waals surface area contributed by atoms with Gasteiger partial charge in [-0.2, -0.15) is 0 Å². The van der Waals surface area contributed by atoms with E-state index in [1.165, 1.54) is 23.1 Å². The monoisotopic (exact) mass is 443 g/mol. The molecule has 0 saturated heterocycles. The van der Waals surface area contributed by atoms with Crippen molar-refractivity contribution in [2.24, 2.45) is 5.92 Å². The number of methoxy groups -OCH3 is 1. The molecule has 1 unspecified atom stereocenters. The van der Waals surface area contributed by atoms with Crippen LogP contribution in [0.15, 0.2) is 58.3 Å². The van der Waals surface area contributed by atoms with Gasteiger partial charge in [-0.05, 0) is 35.1 Å². The summed E-state index contributed by atoms with van der Waals surface area (Å²) in [5.74, 6) is 1.05. The molecule has 0 aliphatic rings. The molecule has 0 spiro atoms. The number of amides is 1. The van der Waals surface area contributed by atoms with E-state index in [1.54, 1.807) is 23.8 Å². The van der Waals surface area contributed by atoms with Crippen LogP contribution in [0, 0.1) is 5.92 Å². The summed E-state index contributed by atoms with van der Waals surface area (Å²) in [7, 11) is 1.63. The van der Waals surface area contributed by atoms with Crippen LogP contribution in [-0.4, -0.2) is 28.3 Å². The van der Waals surface area contributed by atoms with Gasteiger partial charge in [0.05, 0.1) is 24.3 Å². The highest BCUT2D eigenvalue weighted by Gasteiger charge is 2.20. The number of allylic oxidation sites excluding steroid dienone is 1. The molecule has 3 aromatic rings. The summed E-state index contributed by atoms with van der Waals surface area (Å²) in [5.41, 5.74) is 0.910. The van der Waals surface area contributed by atoms with Crippen molar-refractivity contribution < 1.29 is 9.53 Å². The predicted octanol–water partition coefficient (Wildman–Crippen LogP) is 4.26. The maximum absolute atomic E-state index is 12.7. The molecule has 0 aliphatic carbocycles. The Morgan fingerprint density at radius 1 is 1.33 bits per heavy atom. The first-order valence-electron chi connectivity index (χ1n) is 9.59. The number of carbonyl (C=O) groups is 1. The van der Waals surface area contributed by atoms with Crippen molar-refractivity contribution in [2.45, 2.75) is 31.6 Å². The van der Waals surface area contributed by atoms with Crippen molar-refractivity contribution >= 4 is 39.2 Å². The highest BCUT2D eigenvalue weighted by Crippen LogP contribution is 2.25. The number of ether oxygens (including phenoxy) is 1. The lowest BCUT2D eigenvalue weighted by Crippen LogP contribution is -2.33. The van der Waals surface area contributed by atoms with E-state index >= 15 is 0 Å². The van der Waals surface area contributed by atoms with Crippen molar-refractivity contribution in [2.75, 3.05) is 12.9 Å². The van der Waals surface area contributed by atoms with Gasteiger partial charge in [0.25, 0.3) is 5.56 Å². The Kier molecular flexibility index (Phi) is 7.33. The number of aromatic nitrogens is 2. The highest BCUT2D eigenvalue weighted by molar-refractivity contribution is 7.99. The zero-order chi connectivity index (χ0) is 21.7. The first kappa shape index (κ1) is 22.1. The number of nitrogens with one attached hydrogen (secondary N) is 1. The fraction of sp³-hybridized carbons (Fsp3) is 0.318. The summed E-state index contributed by atoms with van der Waals surface area (Å²) in [4.78, 5) is 30.7. The maximum atomic E-state index is 12.7. The molecule has 0 aliphatic heterocycles. The molecule has 2 heterocycles. The Morgan fingerprint density at radius 2 is 2.07 bits per heavy atom. The number of rotatable bonds is 9. The molecule has 1 atom stereocenters. The molecule has 2 aromatic heterocycles. The molecular weight excluding hydrogens is 418 g/mol. The zero-order valence-electron chi connectivity index (χ0n) is 17.3. The topological polar surface area (TPSA) is 73.2 Å². The molecule has 158 valence electrons. The highest BCUT2D eigenvalue weighted by atomic mass is 32.2. The van der Waals surface area contributed by atoms with Crippen LogP contribution in [0.4, 0.5) is 0 Å². The molecule has 6 nitrogen and oxygen atoms in total. The smallest absolute Gasteiger partial charge is 0.263 e. The van der Waals surface area contributed by atoms with E-state index in [-0.39, 0.29) is 29.2 Å². The predicted molar refractivity (Wildman–Crippen MR) is 124 cm³/mol. The van der Waals surface area contributed by atoms with Crippen LogP contribution in [-0.2, 0) is 11.3 Å². The lowest BCUT2D eigenvalue weighted by Gasteiger charge is -2.23.